The largest absolute Gasteiger partial charge is 0.477 e. The summed E-state index contributed by atoms with van der Waals surface area (Å²) in [6.45, 7) is 0.541. The number of carbonyl (C=O) groups is 1. The van der Waals surface area contributed by atoms with Gasteiger partial charge in [0.2, 0.25) is 5.88 Å². The minimum absolute atomic E-state index is 0.0768. The Labute approximate surface area is 93.5 Å². The Bertz CT molecular complexity index is 375. The highest BCUT2D eigenvalue weighted by molar-refractivity contribution is 5.89. The first-order chi connectivity index (χ1) is 7.77. The third-order valence-electron chi connectivity index (χ3n) is 2.85. The van der Waals surface area contributed by atoms with Gasteiger partial charge in [0, 0.05) is 0 Å². The molecule has 1 aliphatic carbocycles. The molecule has 0 spiro atoms. The first-order valence-electron chi connectivity index (χ1n) is 5.45. The summed E-state index contributed by atoms with van der Waals surface area (Å²) in [6.07, 6.45) is 6.14. The summed E-state index contributed by atoms with van der Waals surface area (Å²) in [6, 6.07) is 1.40. The first kappa shape index (κ1) is 10.9. The first-order valence-corrected chi connectivity index (χ1v) is 5.45. The van der Waals surface area contributed by atoms with Gasteiger partial charge in [0.05, 0.1) is 12.8 Å². The second-order valence-electron chi connectivity index (χ2n) is 4.02. The van der Waals surface area contributed by atoms with Crippen LogP contribution in [0.15, 0.2) is 12.3 Å². The molecule has 5 heteroatoms. The number of rotatable bonds is 4. The lowest BCUT2D eigenvalue weighted by Gasteiger charge is -2.11. The molecule has 0 amide bonds. The zero-order valence-electron chi connectivity index (χ0n) is 8.93. The molecule has 2 rings (SSSR count). The van der Waals surface area contributed by atoms with Crippen LogP contribution in [0, 0.1) is 5.92 Å². The van der Waals surface area contributed by atoms with Gasteiger partial charge in [-0.1, -0.05) is 12.8 Å². The number of aromatic nitrogens is 2. The number of hydrogen-bond acceptors (Lipinski definition) is 4. The van der Waals surface area contributed by atoms with E-state index < -0.39 is 5.97 Å². The van der Waals surface area contributed by atoms with Crippen LogP contribution in [0.1, 0.15) is 36.0 Å². The lowest BCUT2D eigenvalue weighted by atomic mass is 10.1. The van der Waals surface area contributed by atoms with Crippen LogP contribution in [0.4, 0.5) is 0 Å². The van der Waals surface area contributed by atoms with Gasteiger partial charge in [-0.3, -0.25) is 0 Å². The zero-order valence-corrected chi connectivity index (χ0v) is 8.93. The van der Waals surface area contributed by atoms with Gasteiger partial charge in [-0.15, -0.1) is 5.10 Å². The molecule has 1 saturated carbocycles. The topological polar surface area (TPSA) is 72.3 Å². The molecular weight excluding hydrogens is 208 g/mol. The van der Waals surface area contributed by atoms with Crippen LogP contribution in [0.5, 0.6) is 5.88 Å². The van der Waals surface area contributed by atoms with Crippen molar-refractivity contribution in [2.45, 2.75) is 25.7 Å². The van der Waals surface area contributed by atoms with Crippen molar-refractivity contribution in [2.75, 3.05) is 6.61 Å². The maximum Gasteiger partial charge on any atom is 0.341 e. The van der Waals surface area contributed by atoms with Crippen molar-refractivity contribution in [3.8, 4) is 5.88 Å². The van der Waals surface area contributed by atoms with Crippen molar-refractivity contribution in [1.82, 2.24) is 10.2 Å². The van der Waals surface area contributed by atoms with Crippen LogP contribution >= 0.6 is 0 Å². The van der Waals surface area contributed by atoms with Crippen LogP contribution < -0.4 is 4.74 Å². The number of carboxylic acids is 1. The van der Waals surface area contributed by atoms with E-state index in [0.717, 1.165) is 12.8 Å². The molecule has 16 heavy (non-hydrogen) atoms. The summed E-state index contributed by atoms with van der Waals surface area (Å²) >= 11 is 0. The van der Waals surface area contributed by atoms with E-state index in [1.54, 1.807) is 0 Å². The monoisotopic (exact) mass is 222 g/mol. The van der Waals surface area contributed by atoms with E-state index in [1.165, 1.54) is 25.1 Å². The highest BCUT2D eigenvalue weighted by atomic mass is 16.5. The molecule has 1 heterocycles. The number of ether oxygens (including phenoxy) is 1. The lowest BCUT2D eigenvalue weighted by molar-refractivity contribution is 0.0689. The molecule has 0 atom stereocenters. The van der Waals surface area contributed by atoms with Crippen LogP contribution in [-0.4, -0.2) is 27.9 Å². The molecule has 0 aliphatic heterocycles. The average Bonchev–Trinajstić information content (AvgIpc) is 2.79. The molecule has 5 nitrogen and oxygen atoms in total. The van der Waals surface area contributed by atoms with Crippen molar-refractivity contribution in [3.05, 3.63) is 17.8 Å². The molecule has 1 aromatic rings. The minimum atomic E-state index is -1.03. The standard InChI is InChI=1S/C11H14N2O3/c14-11(15)9-5-6-12-13-10(9)16-7-8-3-1-2-4-8/h5-6,8H,1-4,7H2,(H,14,15). The molecule has 86 valence electrons. The molecule has 1 fully saturated rings. The summed E-state index contributed by atoms with van der Waals surface area (Å²) in [4.78, 5) is 10.9. The molecule has 0 saturated heterocycles. The molecule has 0 bridgehead atoms. The Morgan fingerprint density at radius 3 is 2.94 bits per heavy atom. The average molecular weight is 222 g/mol. The fraction of sp³-hybridized carbons (Fsp3) is 0.545. The van der Waals surface area contributed by atoms with Gasteiger partial charge < -0.3 is 9.84 Å². The van der Waals surface area contributed by atoms with Crippen LogP contribution in [0.3, 0.4) is 0 Å². The normalized spacial score (nSPS) is 16.2. The van der Waals surface area contributed by atoms with E-state index in [2.05, 4.69) is 10.2 Å². The Balaban J connectivity index is 2.00. The van der Waals surface area contributed by atoms with Crippen molar-refractivity contribution in [3.63, 3.8) is 0 Å². The SMILES string of the molecule is O=C(O)c1ccnnc1OCC1CCCC1. The van der Waals surface area contributed by atoms with Crippen LogP contribution in [-0.2, 0) is 0 Å². The predicted octanol–water partition coefficient (Wildman–Crippen LogP) is 1.74. The fourth-order valence-electron chi connectivity index (χ4n) is 1.96. The Kier molecular flexibility index (Phi) is 3.34. The lowest BCUT2D eigenvalue weighted by Crippen LogP contribution is -2.12. The van der Waals surface area contributed by atoms with E-state index in [0.29, 0.717) is 12.5 Å². The summed E-state index contributed by atoms with van der Waals surface area (Å²) in [5.74, 6) is -0.373. The number of carboxylic acid groups (broad SMARTS) is 1. The smallest absolute Gasteiger partial charge is 0.341 e. The van der Waals surface area contributed by atoms with Gasteiger partial charge in [0.25, 0.3) is 0 Å². The maximum atomic E-state index is 10.9. The van der Waals surface area contributed by atoms with Crippen molar-refractivity contribution < 1.29 is 14.6 Å². The number of aromatic carboxylic acids is 1. The van der Waals surface area contributed by atoms with Crippen LogP contribution in [0.25, 0.3) is 0 Å². The van der Waals surface area contributed by atoms with E-state index in [-0.39, 0.29) is 11.4 Å². The molecule has 0 aromatic carbocycles. The molecule has 1 N–H and O–H groups in total. The quantitative estimate of drug-likeness (QED) is 0.840. The van der Waals surface area contributed by atoms with Gasteiger partial charge in [-0.05, 0) is 24.8 Å². The highest BCUT2D eigenvalue weighted by Crippen LogP contribution is 2.25. The zero-order chi connectivity index (χ0) is 11.4. The summed E-state index contributed by atoms with van der Waals surface area (Å²) in [5.41, 5.74) is 0.0768. The number of hydrogen-bond donors (Lipinski definition) is 1. The van der Waals surface area contributed by atoms with Crippen molar-refractivity contribution >= 4 is 5.97 Å². The van der Waals surface area contributed by atoms with E-state index in [4.69, 9.17) is 9.84 Å². The second-order valence-corrected chi connectivity index (χ2v) is 4.02. The van der Waals surface area contributed by atoms with Gasteiger partial charge in [0.15, 0.2) is 0 Å². The summed E-state index contributed by atoms with van der Waals surface area (Å²) in [7, 11) is 0. The minimum Gasteiger partial charge on any atom is -0.477 e. The number of nitrogens with zero attached hydrogens (tertiary/aromatic N) is 2. The summed E-state index contributed by atoms with van der Waals surface area (Å²) in [5, 5.41) is 16.3. The third-order valence-corrected chi connectivity index (χ3v) is 2.85. The van der Waals surface area contributed by atoms with Crippen molar-refractivity contribution in [1.29, 1.82) is 0 Å². The van der Waals surface area contributed by atoms with Crippen molar-refractivity contribution in [2.24, 2.45) is 5.92 Å². The van der Waals surface area contributed by atoms with Gasteiger partial charge >= 0.3 is 5.97 Å². The molecule has 1 aromatic heterocycles. The predicted molar refractivity (Wildman–Crippen MR) is 56.4 cm³/mol. The van der Waals surface area contributed by atoms with Crippen LogP contribution in [0.2, 0.25) is 0 Å². The molecule has 0 radical (unpaired) electrons. The van der Waals surface area contributed by atoms with Gasteiger partial charge in [0.1, 0.15) is 5.56 Å². The second kappa shape index (κ2) is 4.92. The van der Waals surface area contributed by atoms with E-state index >= 15 is 0 Å². The fourth-order valence-corrected chi connectivity index (χ4v) is 1.96. The Hall–Kier alpha value is -1.65. The summed E-state index contributed by atoms with van der Waals surface area (Å²) < 4.78 is 5.43. The van der Waals surface area contributed by atoms with Gasteiger partial charge in [-0.25, -0.2) is 4.79 Å². The maximum absolute atomic E-state index is 10.9. The Morgan fingerprint density at radius 1 is 1.50 bits per heavy atom. The van der Waals surface area contributed by atoms with E-state index in [9.17, 15) is 4.79 Å². The van der Waals surface area contributed by atoms with Gasteiger partial charge in [-0.2, -0.15) is 5.10 Å². The molecule has 1 aliphatic rings. The molecular formula is C11H14N2O3. The highest BCUT2D eigenvalue weighted by Gasteiger charge is 2.18. The Morgan fingerprint density at radius 2 is 2.25 bits per heavy atom. The third kappa shape index (κ3) is 2.48. The molecule has 0 unspecified atom stereocenters. The van der Waals surface area contributed by atoms with E-state index in [1.807, 2.05) is 0 Å².